The molecule has 3 saturated carbocycles. The van der Waals surface area contributed by atoms with E-state index in [-0.39, 0.29) is 5.41 Å². The number of aliphatic hydroxyl groups is 1. The van der Waals surface area contributed by atoms with Crippen LogP contribution in [0.3, 0.4) is 0 Å². The van der Waals surface area contributed by atoms with E-state index < -0.39 is 5.60 Å². The van der Waals surface area contributed by atoms with Crippen LogP contribution in [0.1, 0.15) is 45.4 Å². The number of rotatable bonds is 1. The Morgan fingerprint density at radius 1 is 1.33 bits per heavy atom. The number of ketones is 1. The third-order valence-electron chi connectivity index (χ3n) is 3.90. The van der Waals surface area contributed by atoms with Crippen LogP contribution in [0.5, 0.6) is 0 Å². The maximum absolute atomic E-state index is 11.7. The van der Waals surface area contributed by atoms with E-state index in [0.29, 0.717) is 12.2 Å². The molecule has 3 aliphatic carbocycles. The van der Waals surface area contributed by atoms with Crippen molar-refractivity contribution in [2.24, 2.45) is 5.41 Å². The molecule has 0 amide bonds. The molecule has 0 aromatic heterocycles. The average Bonchev–Trinajstić information content (AvgIpc) is 2.05. The van der Waals surface area contributed by atoms with E-state index in [1.165, 1.54) is 0 Å². The lowest BCUT2D eigenvalue weighted by atomic mass is 9.57. The van der Waals surface area contributed by atoms with E-state index in [2.05, 4.69) is 6.92 Å². The van der Waals surface area contributed by atoms with Gasteiger partial charge in [-0.05, 0) is 32.1 Å². The van der Waals surface area contributed by atoms with Gasteiger partial charge < -0.3 is 5.11 Å². The Hall–Kier alpha value is -0.370. The summed E-state index contributed by atoms with van der Waals surface area (Å²) in [4.78, 5) is 11.7. The molecule has 1 N–H and O–H groups in total. The summed E-state index contributed by atoms with van der Waals surface area (Å²) >= 11 is 0. The van der Waals surface area contributed by atoms with Crippen LogP contribution < -0.4 is 0 Å². The van der Waals surface area contributed by atoms with Gasteiger partial charge in [-0.1, -0.05) is 6.92 Å². The summed E-state index contributed by atoms with van der Waals surface area (Å²) in [5.74, 6) is 0.310. The highest BCUT2D eigenvalue weighted by atomic mass is 16.3. The zero-order valence-electron chi connectivity index (χ0n) is 7.60. The lowest BCUT2D eigenvalue weighted by molar-refractivity contribution is -0.154. The molecule has 0 heterocycles. The first-order valence-corrected chi connectivity index (χ1v) is 4.86. The van der Waals surface area contributed by atoms with Gasteiger partial charge >= 0.3 is 0 Å². The van der Waals surface area contributed by atoms with Crippen LogP contribution in [-0.2, 0) is 4.79 Å². The minimum absolute atomic E-state index is 0.0372. The highest BCUT2D eigenvalue weighted by Crippen LogP contribution is 2.51. The topological polar surface area (TPSA) is 37.3 Å². The molecule has 0 unspecified atom stereocenters. The Kier molecular flexibility index (Phi) is 1.59. The number of fused-ring (bicyclic) bond motifs is 3. The molecule has 2 bridgehead atoms. The third-order valence-corrected chi connectivity index (χ3v) is 3.90. The Morgan fingerprint density at radius 3 is 2.33 bits per heavy atom. The molecule has 0 saturated heterocycles. The van der Waals surface area contributed by atoms with Crippen LogP contribution in [0, 0.1) is 5.41 Å². The fraction of sp³-hybridized carbons (Fsp3) is 0.900. The first-order chi connectivity index (χ1) is 5.60. The second-order valence-corrected chi connectivity index (χ2v) is 4.46. The largest absolute Gasteiger partial charge is 0.389 e. The van der Waals surface area contributed by atoms with Crippen LogP contribution in [-0.4, -0.2) is 16.5 Å². The van der Waals surface area contributed by atoms with Crippen molar-refractivity contribution in [2.75, 3.05) is 0 Å². The molecule has 2 heteroatoms. The van der Waals surface area contributed by atoms with Crippen molar-refractivity contribution in [2.45, 2.75) is 51.0 Å². The number of Topliss-reactive ketones (excluding diaryl/α,β-unsaturated/α-hetero) is 1. The van der Waals surface area contributed by atoms with Gasteiger partial charge in [-0.2, -0.15) is 0 Å². The van der Waals surface area contributed by atoms with E-state index in [1.807, 2.05) is 0 Å². The standard InChI is InChI=1S/C10H16O2/c1-2-9-3-5-10(12,6-4-9)7-8(9)11/h12H,2-7H2,1H3. The lowest BCUT2D eigenvalue weighted by Crippen LogP contribution is -2.51. The molecule has 12 heavy (non-hydrogen) atoms. The van der Waals surface area contributed by atoms with Gasteiger partial charge in [0, 0.05) is 11.8 Å². The fourth-order valence-electron chi connectivity index (χ4n) is 2.69. The summed E-state index contributed by atoms with van der Waals surface area (Å²) in [6.07, 6.45) is 4.89. The molecule has 3 rings (SSSR count). The number of hydrogen-bond acceptors (Lipinski definition) is 2. The molecule has 0 radical (unpaired) electrons. The molecule has 2 nitrogen and oxygen atoms in total. The minimum Gasteiger partial charge on any atom is -0.389 e. The second-order valence-electron chi connectivity index (χ2n) is 4.46. The van der Waals surface area contributed by atoms with Crippen molar-refractivity contribution in [1.82, 2.24) is 0 Å². The normalized spacial score (nSPS) is 46.7. The Labute approximate surface area is 73.0 Å². The summed E-state index contributed by atoms with van der Waals surface area (Å²) in [7, 11) is 0. The monoisotopic (exact) mass is 168 g/mol. The van der Waals surface area contributed by atoms with Crippen molar-refractivity contribution in [3.05, 3.63) is 0 Å². The maximum atomic E-state index is 11.7. The van der Waals surface area contributed by atoms with Gasteiger partial charge in [-0.3, -0.25) is 4.79 Å². The summed E-state index contributed by atoms with van der Waals surface area (Å²) in [6.45, 7) is 2.09. The van der Waals surface area contributed by atoms with Crippen LogP contribution in [0.4, 0.5) is 0 Å². The zero-order chi connectivity index (χ0) is 8.82. The highest BCUT2D eigenvalue weighted by molar-refractivity contribution is 5.87. The molecule has 0 spiro atoms. The van der Waals surface area contributed by atoms with Gasteiger partial charge in [0.05, 0.1) is 5.60 Å². The predicted molar refractivity (Wildman–Crippen MR) is 45.8 cm³/mol. The Bertz CT molecular complexity index is 212. The van der Waals surface area contributed by atoms with Crippen molar-refractivity contribution in [3.8, 4) is 0 Å². The number of carbonyl (C=O) groups excluding carboxylic acids is 1. The van der Waals surface area contributed by atoms with E-state index in [1.54, 1.807) is 0 Å². The first kappa shape index (κ1) is 8.24. The van der Waals surface area contributed by atoms with E-state index >= 15 is 0 Å². The second kappa shape index (κ2) is 2.32. The first-order valence-electron chi connectivity index (χ1n) is 4.86. The maximum Gasteiger partial charge on any atom is 0.141 e. The van der Waals surface area contributed by atoms with Crippen LogP contribution in [0.2, 0.25) is 0 Å². The average molecular weight is 168 g/mol. The van der Waals surface area contributed by atoms with Gasteiger partial charge in [-0.25, -0.2) is 0 Å². The molecule has 3 aliphatic rings. The molecular formula is C10H16O2. The molecule has 0 aromatic carbocycles. The van der Waals surface area contributed by atoms with Crippen molar-refractivity contribution in [3.63, 3.8) is 0 Å². The number of hydrogen-bond donors (Lipinski definition) is 1. The van der Waals surface area contributed by atoms with Gasteiger partial charge in [0.25, 0.3) is 0 Å². The van der Waals surface area contributed by atoms with Gasteiger partial charge in [0.2, 0.25) is 0 Å². The third kappa shape index (κ3) is 0.939. The summed E-state index contributed by atoms with van der Waals surface area (Å²) in [6, 6.07) is 0. The van der Waals surface area contributed by atoms with Crippen LogP contribution in [0.15, 0.2) is 0 Å². The van der Waals surface area contributed by atoms with E-state index in [4.69, 9.17) is 0 Å². The van der Waals surface area contributed by atoms with Gasteiger partial charge in [0.1, 0.15) is 5.78 Å². The van der Waals surface area contributed by atoms with Crippen molar-refractivity contribution < 1.29 is 9.90 Å². The molecule has 3 fully saturated rings. The number of carbonyl (C=O) groups is 1. The van der Waals surface area contributed by atoms with Gasteiger partial charge in [0.15, 0.2) is 0 Å². The molecular weight excluding hydrogens is 152 g/mol. The molecule has 0 atom stereocenters. The predicted octanol–water partition coefficient (Wildman–Crippen LogP) is 1.66. The van der Waals surface area contributed by atoms with E-state index in [0.717, 1.165) is 32.1 Å². The molecule has 0 aliphatic heterocycles. The summed E-state index contributed by atoms with van der Waals surface area (Å²) < 4.78 is 0. The lowest BCUT2D eigenvalue weighted by Gasteiger charge is -2.49. The summed E-state index contributed by atoms with van der Waals surface area (Å²) in [5.41, 5.74) is -0.654. The van der Waals surface area contributed by atoms with E-state index in [9.17, 15) is 9.90 Å². The highest BCUT2D eigenvalue weighted by Gasteiger charge is 2.52. The molecule has 0 aromatic rings. The Balaban J connectivity index is 2.26. The molecule has 68 valence electrons. The fourth-order valence-corrected chi connectivity index (χ4v) is 2.69. The van der Waals surface area contributed by atoms with Crippen LogP contribution >= 0.6 is 0 Å². The van der Waals surface area contributed by atoms with Crippen LogP contribution in [0.25, 0.3) is 0 Å². The quantitative estimate of drug-likeness (QED) is 0.646. The Morgan fingerprint density at radius 2 is 1.92 bits per heavy atom. The SMILES string of the molecule is CCC12CCC(O)(CC1)CC2=O. The van der Waals surface area contributed by atoms with Gasteiger partial charge in [-0.15, -0.1) is 0 Å². The minimum atomic E-state index is -0.617. The zero-order valence-corrected chi connectivity index (χ0v) is 7.60. The van der Waals surface area contributed by atoms with Crippen molar-refractivity contribution >= 4 is 5.78 Å². The smallest absolute Gasteiger partial charge is 0.141 e. The summed E-state index contributed by atoms with van der Waals surface area (Å²) in [5, 5.41) is 9.88. The van der Waals surface area contributed by atoms with Crippen molar-refractivity contribution in [1.29, 1.82) is 0 Å².